The van der Waals surface area contributed by atoms with Crippen molar-refractivity contribution in [3.05, 3.63) is 28.5 Å². The highest BCUT2D eigenvalue weighted by atomic mass is 79.9. The number of hydrogen-bond donors (Lipinski definition) is 1. The van der Waals surface area contributed by atoms with E-state index >= 15 is 0 Å². The largest absolute Gasteiger partial charge is 0.376 e. The third-order valence-corrected chi connectivity index (χ3v) is 4.02. The van der Waals surface area contributed by atoms with Crippen LogP contribution in [0.1, 0.15) is 34.1 Å². The van der Waals surface area contributed by atoms with Gasteiger partial charge in [-0.05, 0) is 62.2 Å². The molecule has 1 aromatic rings. The van der Waals surface area contributed by atoms with Gasteiger partial charge in [-0.3, -0.25) is 0 Å². The zero-order valence-electron chi connectivity index (χ0n) is 11.2. The fraction of sp³-hybridized carbons (Fsp3) is 0.571. The molecule has 0 aromatic heterocycles. The summed E-state index contributed by atoms with van der Waals surface area (Å²) in [5, 5.41) is 3.28. The summed E-state index contributed by atoms with van der Waals surface area (Å²) in [5.41, 5.74) is 0.0151. The van der Waals surface area contributed by atoms with Gasteiger partial charge in [-0.25, -0.2) is 4.39 Å². The number of para-hydroxylation sites is 1. The van der Waals surface area contributed by atoms with Crippen molar-refractivity contribution >= 4 is 21.6 Å². The fourth-order valence-electron chi connectivity index (χ4n) is 2.60. The van der Waals surface area contributed by atoms with Gasteiger partial charge in [0.25, 0.3) is 0 Å². The molecule has 2 rings (SSSR count). The molecule has 4 heteroatoms. The van der Waals surface area contributed by atoms with Crippen molar-refractivity contribution in [3.8, 4) is 0 Å². The van der Waals surface area contributed by atoms with E-state index in [1.807, 2.05) is 19.9 Å². The molecule has 1 atom stereocenters. The van der Waals surface area contributed by atoms with Gasteiger partial charge in [0.1, 0.15) is 5.82 Å². The molecule has 1 saturated heterocycles. The number of halogens is 2. The predicted molar refractivity (Wildman–Crippen MR) is 75.4 cm³/mol. The van der Waals surface area contributed by atoms with Crippen LogP contribution in [0.4, 0.5) is 10.1 Å². The van der Waals surface area contributed by atoms with Gasteiger partial charge in [0.15, 0.2) is 0 Å². The van der Waals surface area contributed by atoms with E-state index < -0.39 is 0 Å². The highest BCUT2D eigenvalue weighted by molar-refractivity contribution is 9.10. The molecule has 0 radical (unpaired) electrons. The predicted octanol–water partition coefficient (Wildman–Crippen LogP) is 4.35. The zero-order valence-corrected chi connectivity index (χ0v) is 12.8. The Bertz CT molecular complexity index is 439. The maximum atomic E-state index is 13.8. The van der Waals surface area contributed by atoms with Gasteiger partial charge in [0.05, 0.1) is 22.9 Å². The molecule has 0 spiro atoms. The summed E-state index contributed by atoms with van der Waals surface area (Å²) in [5.74, 6) is -0.245. The van der Waals surface area contributed by atoms with Crippen LogP contribution in [-0.2, 0) is 4.74 Å². The fourth-order valence-corrected chi connectivity index (χ4v) is 3.05. The Balaban J connectivity index is 2.25. The minimum Gasteiger partial charge on any atom is -0.376 e. The van der Waals surface area contributed by atoms with Gasteiger partial charge in [0, 0.05) is 4.47 Å². The normalized spacial score (nSPS) is 25.1. The second-order valence-corrected chi connectivity index (χ2v) is 6.82. The summed E-state index contributed by atoms with van der Waals surface area (Å²) in [6.07, 6.45) is 0.848. The highest BCUT2D eigenvalue weighted by Gasteiger charge is 2.46. The van der Waals surface area contributed by atoms with E-state index in [9.17, 15) is 4.39 Å². The molecule has 1 aliphatic rings. The number of benzene rings is 1. The molecule has 1 N–H and O–H groups in total. The van der Waals surface area contributed by atoms with E-state index in [1.54, 1.807) is 6.07 Å². The molecular formula is C14H19BrFNO. The Morgan fingerprint density at radius 2 is 2.00 bits per heavy atom. The number of anilines is 1. The second kappa shape index (κ2) is 4.49. The van der Waals surface area contributed by atoms with Crippen LogP contribution in [0.2, 0.25) is 0 Å². The molecular weight excluding hydrogens is 297 g/mol. The number of rotatable bonds is 2. The van der Waals surface area contributed by atoms with E-state index in [1.165, 1.54) is 6.07 Å². The number of ether oxygens (including phenoxy) is 1. The SMILES string of the molecule is CC1(C)CC(Nc2c(F)cccc2Br)C(C)(C)O1. The monoisotopic (exact) mass is 315 g/mol. The third kappa shape index (κ3) is 2.69. The molecule has 1 aromatic carbocycles. The number of hydrogen-bond acceptors (Lipinski definition) is 2. The smallest absolute Gasteiger partial charge is 0.147 e. The lowest BCUT2D eigenvalue weighted by Crippen LogP contribution is -2.38. The Kier molecular flexibility index (Phi) is 3.45. The molecule has 1 aliphatic heterocycles. The third-order valence-electron chi connectivity index (χ3n) is 3.36. The summed E-state index contributed by atoms with van der Waals surface area (Å²) in [7, 11) is 0. The molecule has 1 heterocycles. The summed E-state index contributed by atoms with van der Waals surface area (Å²) in [4.78, 5) is 0. The van der Waals surface area contributed by atoms with Crippen LogP contribution in [0.25, 0.3) is 0 Å². The van der Waals surface area contributed by atoms with Crippen LogP contribution < -0.4 is 5.32 Å². The lowest BCUT2D eigenvalue weighted by atomic mass is 9.94. The van der Waals surface area contributed by atoms with Gasteiger partial charge >= 0.3 is 0 Å². The molecule has 18 heavy (non-hydrogen) atoms. The minimum absolute atomic E-state index is 0.0840. The molecule has 1 fully saturated rings. The van der Waals surface area contributed by atoms with Crippen molar-refractivity contribution in [2.45, 2.75) is 51.4 Å². The molecule has 2 nitrogen and oxygen atoms in total. The van der Waals surface area contributed by atoms with E-state index in [0.29, 0.717) is 5.69 Å². The zero-order chi connectivity index (χ0) is 13.6. The minimum atomic E-state index is -0.314. The van der Waals surface area contributed by atoms with Crippen molar-refractivity contribution in [1.29, 1.82) is 0 Å². The molecule has 0 amide bonds. The van der Waals surface area contributed by atoms with Gasteiger partial charge in [-0.1, -0.05) is 6.07 Å². The van der Waals surface area contributed by atoms with Crippen molar-refractivity contribution in [3.63, 3.8) is 0 Å². The van der Waals surface area contributed by atoms with Crippen molar-refractivity contribution in [1.82, 2.24) is 0 Å². The Labute approximate surface area is 116 Å². The molecule has 0 bridgehead atoms. The summed E-state index contributed by atoms with van der Waals surface area (Å²) < 4.78 is 20.6. The second-order valence-electron chi connectivity index (χ2n) is 5.96. The summed E-state index contributed by atoms with van der Waals surface area (Å²) in [6.45, 7) is 8.20. The maximum absolute atomic E-state index is 13.8. The summed E-state index contributed by atoms with van der Waals surface area (Å²) >= 11 is 3.38. The van der Waals surface area contributed by atoms with Gasteiger partial charge < -0.3 is 10.1 Å². The van der Waals surface area contributed by atoms with Gasteiger partial charge in [-0.15, -0.1) is 0 Å². The lowest BCUT2D eigenvalue weighted by molar-refractivity contribution is -0.0662. The van der Waals surface area contributed by atoms with Crippen molar-refractivity contribution in [2.75, 3.05) is 5.32 Å². The molecule has 0 aliphatic carbocycles. The average molecular weight is 316 g/mol. The quantitative estimate of drug-likeness (QED) is 0.876. The highest BCUT2D eigenvalue weighted by Crippen LogP contribution is 2.40. The van der Waals surface area contributed by atoms with Crippen molar-refractivity contribution < 1.29 is 9.13 Å². The summed E-state index contributed by atoms with van der Waals surface area (Å²) in [6, 6.07) is 5.06. The molecule has 1 unspecified atom stereocenters. The van der Waals surface area contributed by atoms with E-state index in [4.69, 9.17) is 4.74 Å². The average Bonchev–Trinajstić information content (AvgIpc) is 2.40. The number of nitrogens with one attached hydrogen (secondary N) is 1. The van der Waals surface area contributed by atoms with Crippen LogP contribution in [0.3, 0.4) is 0 Å². The van der Waals surface area contributed by atoms with Crippen LogP contribution in [0.15, 0.2) is 22.7 Å². The van der Waals surface area contributed by atoms with E-state index in [-0.39, 0.29) is 23.1 Å². The Morgan fingerprint density at radius 3 is 2.50 bits per heavy atom. The first kappa shape index (κ1) is 13.8. The van der Waals surface area contributed by atoms with Gasteiger partial charge in [-0.2, -0.15) is 0 Å². The first-order chi connectivity index (χ1) is 8.21. The first-order valence-electron chi connectivity index (χ1n) is 6.12. The van der Waals surface area contributed by atoms with Gasteiger partial charge in [0.2, 0.25) is 0 Å². The van der Waals surface area contributed by atoms with Crippen LogP contribution >= 0.6 is 15.9 Å². The van der Waals surface area contributed by atoms with E-state index in [0.717, 1.165) is 10.9 Å². The maximum Gasteiger partial charge on any atom is 0.147 e. The molecule has 100 valence electrons. The van der Waals surface area contributed by atoms with Crippen LogP contribution in [-0.4, -0.2) is 17.2 Å². The van der Waals surface area contributed by atoms with Crippen LogP contribution in [0.5, 0.6) is 0 Å². The molecule has 0 saturated carbocycles. The van der Waals surface area contributed by atoms with Crippen molar-refractivity contribution in [2.24, 2.45) is 0 Å². The standard InChI is InChI=1S/C14H19BrFNO/c1-13(2)8-11(14(3,4)18-13)17-12-9(15)6-5-7-10(12)16/h5-7,11,17H,8H2,1-4H3. The topological polar surface area (TPSA) is 21.3 Å². The van der Waals surface area contributed by atoms with E-state index in [2.05, 4.69) is 35.1 Å². The lowest BCUT2D eigenvalue weighted by Gasteiger charge is -2.28. The van der Waals surface area contributed by atoms with Crippen LogP contribution in [0, 0.1) is 5.82 Å². The Hall–Kier alpha value is -0.610. The first-order valence-corrected chi connectivity index (χ1v) is 6.91. The Morgan fingerprint density at radius 1 is 1.33 bits per heavy atom.